The lowest BCUT2D eigenvalue weighted by molar-refractivity contribution is -0.145. The topological polar surface area (TPSA) is 41.6 Å². The summed E-state index contributed by atoms with van der Waals surface area (Å²) in [5, 5.41) is 3.37. The van der Waals surface area contributed by atoms with Crippen molar-refractivity contribution < 1.29 is 9.53 Å². The molecule has 1 fully saturated rings. The van der Waals surface area contributed by atoms with Crippen LogP contribution in [0.4, 0.5) is 0 Å². The molecule has 0 aromatic heterocycles. The monoisotopic (exact) mass is 278 g/mol. The quantitative estimate of drug-likeness (QED) is 0.751. The summed E-state index contributed by atoms with van der Waals surface area (Å²) in [5.74, 6) is 0.614. The molecule has 0 atom stereocenters. The maximum Gasteiger partial charge on any atom is 0.320 e. The lowest BCUT2D eigenvalue weighted by Crippen LogP contribution is -2.42. The van der Waals surface area contributed by atoms with Gasteiger partial charge < -0.3 is 10.1 Å². The summed E-state index contributed by atoms with van der Waals surface area (Å²) in [5.41, 5.74) is 0. The molecule has 0 saturated carbocycles. The van der Waals surface area contributed by atoms with Crippen LogP contribution in [-0.4, -0.2) is 49.7 Å². The van der Waals surface area contributed by atoms with Crippen molar-refractivity contribution in [3.63, 3.8) is 0 Å². The minimum Gasteiger partial charge on any atom is -0.465 e. The third-order valence-electron chi connectivity index (χ3n) is 3.32. The number of halogens is 1. The van der Waals surface area contributed by atoms with Crippen LogP contribution >= 0.6 is 12.4 Å². The lowest BCUT2D eigenvalue weighted by atomic mass is 9.97. The summed E-state index contributed by atoms with van der Waals surface area (Å²) in [6.07, 6.45) is 2.43. The van der Waals surface area contributed by atoms with E-state index in [-0.39, 0.29) is 18.4 Å². The maximum atomic E-state index is 11.5. The summed E-state index contributed by atoms with van der Waals surface area (Å²) in [4.78, 5) is 13.8. The van der Waals surface area contributed by atoms with Crippen LogP contribution in [0.1, 0.15) is 33.6 Å². The molecular weight excluding hydrogens is 252 g/mol. The summed E-state index contributed by atoms with van der Waals surface area (Å²) in [6.45, 7) is 10.3. The fraction of sp³-hybridized carbons (Fsp3) is 0.923. The van der Waals surface area contributed by atoms with Crippen LogP contribution < -0.4 is 5.32 Å². The Bertz CT molecular complexity index is 231. The third kappa shape index (κ3) is 6.57. The number of hydrogen-bond acceptors (Lipinski definition) is 4. The summed E-state index contributed by atoms with van der Waals surface area (Å²) in [6, 6.07) is 0.397. The molecule has 1 rings (SSSR count). The zero-order valence-electron chi connectivity index (χ0n) is 11.8. The highest BCUT2D eigenvalue weighted by Crippen LogP contribution is 2.15. The van der Waals surface area contributed by atoms with Crippen LogP contribution in [-0.2, 0) is 9.53 Å². The molecule has 1 heterocycles. The Morgan fingerprint density at radius 3 is 2.50 bits per heavy atom. The zero-order valence-corrected chi connectivity index (χ0v) is 12.6. The van der Waals surface area contributed by atoms with E-state index in [2.05, 4.69) is 24.1 Å². The fourth-order valence-corrected chi connectivity index (χ4v) is 2.23. The predicted octanol–water partition coefficient (Wildman–Crippen LogP) is 1.68. The number of nitrogens with one attached hydrogen (secondary N) is 1. The van der Waals surface area contributed by atoms with Crippen LogP contribution in [0, 0.1) is 5.92 Å². The van der Waals surface area contributed by atoms with Crippen molar-refractivity contribution >= 4 is 18.4 Å². The molecule has 108 valence electrons. The predicted molar refractivity (Wildman–Crippen MR) is 76.2 cm³/mol. The molecule has 0 spiro atoms. The Kier molecular flexibility index (Phi) is 9.42. The molecule has 0 amide bonds. The number of carbonyl (C=O) groups is 1. The van der Waals surface area contributed by atoms with Gasteiger partial charge in [0.25, 0.3) is 0 Å². The Morgan fingerprint density at radius 2 is 2.00 bits per heavy atom. The number of hydrogen-bond donors (Lipinski definition) is 1. The van der Waals surface area contributed by atoms with Crippen LogP contribution in [0.25, 0.3) is 0 Å². The average Bonchev–Trinajstić information content (AvgIpc) is 2.29. The van der Waals surface area contributed by atoms with E-state index in [4.69, 9.17) is 4.74 Å². The fourth-order valence-electron chi connectivity index (χ4n) is 2.23. The number of rotatable bonds is 6. The van der Waals surface area contributed by atoms with E-state index in [0.29, 0.717) is 25.1 Å². The zero-order chi connectivity index (χ0) is 12.7. The van der Waals surface area contributed by atoms with Crippen molar-refractivity contribution in [3.05, 3.63) is 0 Å². The Balaban J connectivity index is 0.00000289. The van der Waals surface area contributed by atoms with Crippen molar-refractivity contribution in [2.24, 2.45) is 5.92 Å². The molecule has 0 aromatic rings. The van der Waals surface area contributed by atoms with Crippen molar-refractivity contribution in [1.82, 2.24) is 10.2 Å². The van der Waals surface area contributed by atoms with Crippen LogP contribution in [0.15, 0.2) is 0 Å². The second-order valence-electron chi connectivity index (χ2n) is 5.02. The minimum absolute atomic E-state index is 0. The first-order chi connectivity index (χ1) is 8.13. The van der Waals surface area contributed by atoms with E-state index >= 15 is 0 Å². The van der Waals surface area contributed by atoms with Gasteiger partial charge in [0, 0.05) is 12.6 Å². The van der Waals surface area contributed by atoms with Crippen molar-refractivity contribution in [2.45, 2.75) is 39.7 Å². The lowest BCUT2D eigenvalue weighted by Gasteiger charge is -2.31. The first-order valence-electron chi connectivity index (χ1n) is 6.73. The molecule has 1 N–H and O–H groups in total. The van der Waals surface area contributed by atoms with Gasteiger partial charge in [-0.05, 0) is 52.6 Å². The molecule has 4 nitrogen and oxygen atoms in total. The molecular formula is C13H27ClN2O2. The van der Waals surface area contributed by atoms with Gasteiger partial charge in [-0.25, -0.2) is 0 Å². The van der Waals surface area contributed by atoms with Crippen LogP contribution in [0.3, 0.4) is 0 Å². The summed E-state index contributed by atoms with van der Waals surface area (Å²) < 4.78 is 5.02. The highest BCUT2D eigenvalue weighted by Gasteiger charge is 2.21. The van der Waals surface area contributed by atoms with Gasteiger partial charge >= 0.3 is 5.97 Å². The molecule has 0 unspecified atom stereocenters. The molecule has 0 aromatic carbocycles. The van der Waals surface area contributed by atoms with Gasteiger partial charge in [0.1, 0.15) is 0 Å². The highest BCUT2D eigenvalue weighted by atomic mass is 35.5. The second kappa shape index (κ2) is 9.59. The molecule has 1 aliphatic heterocycles. The van der Waals surface area contributed by atoms with E-state index in [1.807, 2.05) is 6.92 Å². The van der Waals surface area contributed by atoms with E-state index in [1.165, 1.54) is 12.8 Å². The number of carbonyl (C=O) groups excluding carboxylic acids is 1. The van der Waals surface area contributed by atoms with Gasteiger partial charge in [-0.3, -0.25) is 9.69 Å². The van der Waals surface area contributed by atoms with E-state index in [9.17, 15) is 4.79 Å². The first kappa shape index (κ1) is 17.7. The van der Waals surface area contributed by atoms with Crippen LogP contribution in [0.5, 0.6) is 0 Å². The Labute approximate surface area is 117 Å². The van der Waals surface area contributed by atoms with E-state index in [1.54, 1.807) is 0 Å². The van der Waals surface area contributed by atoms with Crippen molar-refractivity contribution in [3.8, 4) is 0 Å². The molecule has 1 saturated heterocycles. The van der Waals surface area contributed by atoms with Gasteiger partial charge in [0.2, 0.25) is 0 Å². The summed E-state index contributed by atoms with van der Waals surface area (Å²) in [7, 11) is 0. The SMILES string of the molecule is CCOC(=O)CN(CC1CCNCC1)C(C)C.Cl. The highest BCUT2D eigenvalue weighted by molar-refractivity contribution is 5.85. The van der Waals surface area contributed by atoms with Crippen molar-refractivity contribution in [1.29, 1.82) is 0 Å². The molecule has 0 aliphatic carbocycles. The van der Waals surface area contributed by atoms with Gasteiger partial charge in [-0.1, -0.05) is 0 Å². The number of ether oxygens (including phenoxy) is 1. The average molecular weight is 279 g/mol. The van der Waals surface area contributed by atoms with E-state index < -0.39 is 0 Å². The summed E-state index contributed by atoms with van der Waals surface area (Å²) >= 11 is 0. The normalized spacial score (nSPS) is 16.7. The first-order valence-corrected chi connectivity index (χ1v) is 6.73. The van der Waals surface area contributed by atoms with Crippen molar-refractivity contribution in [2.75, 3.05) is 32.8 Å². The molecule has 0 radical (unpaired) electrons. The Hall–Kier alpha value is -0.320. The number of esters is 1. The van der Waals surface area contributed by atoms with Gasteiger partial charge in [-0.15, -0.1) is 12.4 Å². The number of piperidine rings is 1. The smallest absolute Gasteiger partial charge is 0.320 e. The van der Waals surface area contributed by atoms with E-state index in [0.717, 1.165) is 19.6 Å². The molecule has 5 heteroatoms. The van der Waals surface area contributed by atoms with Crippen LogP contribution in [0.2, 0.25) is 0 Å². The largest absolute Gasteiger partial charge is 0.465 e. The molecule has 1 aliphatic rings. The second-order valence-corrected chi connectivity index (χ2v) is 5.02. The Morgan fingerprint density at radius 1 is 1.39 bits per heavy atom. The van der Waals surface area contributed by atoms with Gasteiger partial charge in [0.05, 0.1) is 13.2 Å². The third-order valence-corrected chi connectivity index (χ3v) is 3.32. The minimum atomic E-state index is -0.102. The molecule has 0 bridgehead atoms. The number of nitrogens with zero attached hydrogens (tertiary/aromatic N) is 1. The maximum absolute atomic E-state index is 11.5. The standard InChI is InChI=1S/C13H26N2O2.ClH/c1-4-17-13(16)10-15(11(2)3)9-12-5-7-14-8-6-12;/h11-12,14H,4-10H2,1-3H3;1H. The van der Waals surface area contributed by atoms with Gasteiger partial charge in [0.15, 0.2) is 0 Å². The van der Waals surface area contributed by atoms with Gasteiger partial charge in [-0.2, -0.15) is 0 Å². The molecule has 18 heavy (non-hydrogen) atoms.